The molecule has 236 valence electrons. The van der Waals surface area contributed by atoms with E-state index >= 15 is 4.39 Å². The van der Waals surface area contributed by atoms with Gasteiger partial charge in [-0.1, -0.05) is 50.9 Å². The highest BCUT2D eigenvalue weighted by Gasteiger charge is 2.19. The number of aliphatic imine (C=N–C) groups is 1. The van der Waals surface area contributed by atoms with Gasteiger partial charge in [0.2, 0.25) is 0 Å². The number of aryl methyl sites for hydroxylation is 1. The Morgan fingerprint density at radius 3 is 2.66 bits per heavy atom. The van der Waals surface area contributed by atoms with Crippen LogP contribution in [0.2, 0.25) is 5.02 Å². The highest BCUT2D eigenvalue weighted by Crippen LogP contribution is 2.32. The summed E-state index contributed by atoms with van der Waals surface area (Å²) >= 11 is 6.29. The van der Waals surface area contributed by atoms with Gasteiger partial charge in [-0.2, -0.15) is 4.98 Å². The molecule has 0 aliphatic rings. The van der Waals surface area contributed by atoms with Crippen LogP contribution in [0.4, 0.5) is 8.78 Å². The van der Waals surface area contributed by atoms with Gasteiger partial charge >= 0.3 is 5.69 Å². The zero-order chi connectivity index (χ0) is 31.9. The van der Waals surface area contributed by atoms with Crippen molar-refractivity contribution in [3.8, 4) is 16.9 Å². The fourth-order valence-corrected chi connectivity index (χ4v) is 5.30. The second-order valence-corrected chi connectivity index (χ2v) is 12.3. The molecular weight excluding hydrogens is 584 g/mol. The van der Waals surface area contributed by atoms with Crippen molar-refractivity contribution in [1.29, 1.82) is 0 Å². The summed E-state index contributed by atoms with van der Waals surface area (Å²) in [6.07, 6.45) is 5.90. The predicted octanol–water partition coefficient (Wildman–Crippen LogP) is 6.24. The number of nitrogens with two attached hydrogens (primary N) is 2. The molecule has 0 radical (unpaired) electrons. The van der Waals surface area contributed by atoms with Crippen molar-refractivity contribution in [3.63, 3.8) is 0 Å². The lowest BCUT2D eigenvalue weighted by Crippen LogP contribution is -2.24. The average Bonchev–Trinajstić information content (AvgIpc) is 3.43. The molecule has 0 saturated heterocycles. The Morgan fingerprint density at radius 2 is 1.98 bits per heavy atom. The standard InChI is InChI=1S/C33H42ClF2N7O/c1-4-6-27(39-13-5-14-40-29(38)18-35)22-7-9-24(10-8-22)43-19-23-17-28(41-31(23)42-32(43)44)25-15-21(16-26(34)30(25)36)11-12-33(2,3)20-37/h7-10,15-17,19,27,39H,4-6,11-14,18,20,37H2,1-3H3,(H2,38,40)(H,41,42,44). The maximum atomic E-state index is 15.2. The van der Waals surface area contributed by atoms with Crippen LogP contribution in [0, 0.1) is 11.2 Å². The second kappa shape index (κ2) is 14.9. The fourth-order valence-electron chi connectivity index (χ4n) is 5.06. The lowest BCUT2D eigenvalue weighted by Gasteiger charge is -2.22. The van der Waals surface area contributed by atoms with E-state index < -0.39 is 18.2 Å². The van der Waals surface area contributed by atoms with E-state index in [1.165, 1.54) is 4.57 Å². The molecular formula is C33H42ClF2N7O. The van der Waals surface area contributed by atoms with Crippen LogP contribution in [0.5, 0.6) is 0 Å². The Morgan fingerprint density at radius 1 is 1.23 bits per heavy atom. The SMILES string of the molecule is CCCC(NCCCN=C(N)CF)c1ccc(-n2cc3cc(-c4cc(CCC(C)(C)CN)cc(Cl)c4F)[nH]c3nc2=O)cc1. The first-order valence-electron chi connectivity index (χ1n) is 15.0. The molecule has 4 aromatic rings. The van der Waals surface area contributed by atoms with Gasteiger partial charge in [-0.3, -0.25) is 9.56 Å². The normalized spacial score (nSPS) is 13.1. The van der Waals surface area contributed by atoms with Crippen molar-refractivity contribution < 1.29 is 8.78 Å². The van der Waals surface area contributed by atoms with E-state index in [1.54, 1.807) is 24.4 Å². The molecule has 0 fully saturated rings. The maximum Gasteiger partial charge on any atom is 0.354 e. The molecule has 2 heterocycles. The number of fused-ring (bicyclic) bond motifs is 1. The monoisotopic (exact) mass is 625 g/mol. The minimum absolute atomic E-state index is 0.0218. The number of halogens is 3. The topological polar surface area (TPSA) is 127 Å². The zero-order valence-corrected chi connectivity index (χ0v) is 26.4. The first kappa shape index (κ1) is 33.3. The van der Waals surface area contributed by atoms with Gasteiger partial charge < -0.3 is 21.8 Å². The fraction of sp³-hybridized carbons (Fsp3) is 0.424. The molecule has 2 aromatic carbocycles. The number of H-pyrrole nitrogens is 1. The quantitative estimate of drug-likeness (QED) is 0.0707. The zero-order valence-electron chi connectivity index (χ0n) is 25.6. The number of amidine groups is 1. The van der Waals surface area contributed by atoms with Crippen LogP contribution in [-0.2, 0) is 6.42 Å². The summed E-state index contributed by atoms with van der Waals surface area (Å²) in [5, 5.41) is 4.24. The van der Waals surface area contributed by atoms with Gasteiger partial charge in [-0.25, -0.2) is 13.6 Å². The van der Waals surface area contributed by atoms with Gasteiger partial charge in [0.05, 0.1) is 16.4 Å². The van der Waals surface area contributed by atoms with Crippen LogP contribution in [0.25, 0.3) is 28.0 Å². The van der Waals surface area contributed by atoms with Gasteiger partial charge in [0.1, 0.15) is 18.2 Å². The number of alkyl halides is 1. The molecule has 1 unspecified atom stereocenters. The van der Waals surface area contributed by atoms with E-state index in [2.05, 4.69) is 41.0 Å². The summed E-state index contributed by atoms with van der Waals surface area (Å²) < 4.78 is 29.1. The Bertz CT molecular complexity index is 1650. The summed E-state index contributed by atoms with van der Waals surface area (Å²) in [5.41, 5.74) is 14.7. The first-order valence-corrected chi connectivity index (χ1v) is 15.4. The minimum Gasteiger partial charge on any atom is -0.385 e. The van der Waals surface area contributed by atoms with Crippen LogP contribution in [0.15, 0.2) is 58.4 Å². The third-order valence-electron chi connectivity index (χ3n) is 7.86. The molecule has 0 aliphatic carbocycles. The predicted molar refractivity (Wildman–Crippen MR) is 176 cm³/mol. The van der Waals surface area contributed by atoms with Crippen LogP contribution >= 0.6 is 11.6 Å². The van der Waals surface area contributed by atoms with Gasteiger partial charge in [-0.15, -0.1) is 0 Å². The van der Waals surface area contributed by atoms with E-state index in [4.69, 9.17) is 23.1 Å². The average molecular weight is 626 g/mol. The molecule has 6 N–H and O–H groups in total. The van der Waals surface area contributed by atoms with Crippen LogP contribution in [-0.4, -0.2) is 46.7 Å². The summed E-state index contributed by atoms with van der Waals surface area (Å²) in [5.74, 6) is -0.508. The van der Waals surface area contributed by atoms with E-state index in [0.717, 1.165) is 36.8 Å². The smallest absolute Gasteiger partial charge is 0.354 e. The summed E-state index contributed by atoms with van der Waals surface area (Å²) in [6, 6.07) is 13.1. The minimum atomic E-state index is -0.731. The van der Waals surface area contributed by atoms with Crippen molar-refractivity contribution in [3.05, 3.63) is 81.1 Å². The van der Waals surface area contributed by atoms with E-state index in [-0.39, 0.29) is 22.3 Å². The van der Waals surface area contributed by atoms with Gasteiger partial charge in [0, 0.05) is 29.7 Å². The highest BCUT2D eigenvalue weighted by molar-refractivity contribution is 6.31. The van der Waals surface area contributed by atoms with Crippen molar-refractivity contribution in [2.24, 2.45) is 21.9 Å². The van der Waals surface area contributed by atoms with Gasteiger partial charge in [0.15, 0.2) is 5.82 Å². The highest BCUT2D eigenvalue weighted by atomic mass is 35.5. The largest absolute Gasteiger partial charge is 0.385 e. The van der Waals surface area contributed by atoms with E-state index in [0.29, 0.717) is 54.0 Å². The van der Waals surface area contributed by atoms with Crippen molar-refractivity contribution >= 4 is 28.5 Å². The molecule has 2 aromatic heterocycles. The van der Waals surface area contributed by atoms with Gasteiger partial charge in [-0.05, 0) is 85.6 Å². The molecule has 0 saturated carbocycles. The van der Waals surface area contributed by atoms with E-state index in [1.807, 2.05) is 24.3 Å². The second-order valence-electron chi connectivity index (χ2n) is 11.9. The van der Waals surface area contributed by atoms with Crippen molar-refractivity contribution in [2.75, 3.05) is 26.3 Å². The number of hydrogen-bond acceptors (Lipinski definition) is 5. The van der Waals surface area contributed by atoms with Crippen molar-refractivity contribution in [1.82, 2.24) is 19.9 Å². The Kier molecular flexibility index (Phi) is 11.3. The third-order valence-corrected chi connectivity index (χ3v) is 8.13. The third kappa shape index (κ3) is 8.31. The Hall–Kier alpha value is -3.60. The Balaban J connectivity index is 1.55. The van der Waals surface area contributed by atoms with Crippen LogP contribution in [0.1, 0.15) is 63.6 Å². The summed E-state index contributed by atoms with van der Waals surface area (Å²) in [6.45, 7) is 7.32. The lowest BCUT2D eigenvalue weighted by atomic mass is 9.86. The molecule has 1 atom stereocenters. The molecule has 8 nitrogen and oxygen atoms in total. The number of hydrogen-bond donors (Lipinski definition) is 4. The maximum absolute atomic E-state index is 15.2. The number of aromatic nitrogens is 3. The lowest BCUT2D eigenvalue weighted by molar-refractivity contribution is 0.348. The molecule has 0 amide bonds. The number of aromatic amines is 1. The van der Waals surface area contributed by atoms with Gasteiger partial charge in [0.25, 0.3) is 0 Å². The van der Waals surface area contributed by atoms with E-state index in [9.17, 15) is 9.18 Å². The van der Waals surface area contributed by atoms with Crippen LogP contribution < -0.4 is 22.5 Å². The molecule has 44 heavy (non-hydrogen) atoms. The molecule has 11 heteroatoms. The summed E-state index contributed by atoms with van der Waals surface area (Å²) in [7, 11) is 0. The first-order chi connectivity index (χ1) is 21.0. The molecule has 0 aliphatic heterocycles. The van der Waals surface area contributed by atoms with Crippen molar-refractivity contribution in [2.45, 2.75) is 58.9 Å². The number of benzene rings is 2. The number of nitrogens with zero attached hydrogens (tertiary/aromatic N) is 3. The Labute approximate surface area is 261 Å². The molecule has 0 spiro atoms. The molecule has 0 bridgehead atoms. The number of rotatable bonds is 15. The molecule has 4 rings (SSSR count). The van der Waals surface area contributed by atoms with Crippen LogP contribution in [0.3, 0.4) is 0 Å². The summed E-state index contributed by atoms with van der Waals surface area (Å²) in [4.78, 5) is 24.4. The number of nitrogens with one attached hydrogen (secondary N) is 2.